The van der Waals surface area contributed by atoms with E-state index in [1.54, 1.807) is 11.3 Å². The van der Waals surface area contributed by atoms with Gasteiger partial charge in [-0.1, -0.05) is 24.3 Å². The predicted octanol–water partition coefficient (Wildman–Crippen LogP) is 3.72. The lowest BCUT2D eigenvalue weighted by Crippen LogP contribution is -2.32. The van der Waals surface area contributed by atoms with Gasteiger partial charge >= 0.3 is 0 Å². The van der Waals surface area contributed by atoms with Crippen molar-refractivity contribution in [2.75, 3.05) is 6.61 Å². The molecule has 2 atom stereocenters. The number of hydrogen-bond acceptors (Lipinski definition) is 4. The zero-order chi connectivity index (χ0) is 16.5. The lowest BCUT2D eigenvalue weighted by atomic mass is 9.95. The minimum absolute atomic E-state index is 0.0569. The highest BCUT2D eigenvalue weighted by Gasteiger charge is 2.35. The molecular weight excluding hydrogens is 320 g/mol. The molecule has 126 valence electrons. The number of aromatic nitrogens is 1. The first kappa shape index (κ1) is 15.8. The second-order valence-corrected chi connectivity index (χ2v) is 7.97. The van der Waals surface area contributed by atoms with E-state index in [-0.39, 0.29) is 18.1 Å². The average molecular weight is 342 g/mol. The molecule has 1 aromatic heterocycles. The fourth-order valence-corrected chi connectivity index (χ4v) is 4.29. The summed E-state index contributed by atoms with van der Waals surface area (Å²) in [6.45, 7) is 2.74. The predicted molar refractivity (Wildman–Crippen MR) is 93.9 cm³/mol. The standard InChI is InChI=1S/C19H22N2O2S/c1-12-11-20-19(24-12)18(14-6-7-14)21-17(22)10-16-15-5-3-2-4-13(15)8-9-23-16/h2-5,11,14,16,18H,6-10H2,1H3,(H,21,22). The van der Waals surface area contributed by atoms with E-state index in [1.807, 2.05) is 12.3 Å². The smallest absolute Gasteiger partial charge is 0.223 e. The molecule has 4 rings (SSSR count). The third kappa shape index (κ3) is 3.37. The Morgan fingerprint density at radius 1 is 1.42 bits per heavy atom. The van der Waals surface area contributed by atoms with Crippen molar-refractivity contribution < 1.29 is 9.53 Å². The number of fused-ring (bicyclic) bond motifs is 1. The fraction of sp³-hybridized carbons (Fsp3) is 0.474. The SMILES string of the molecule is Cc1cnc(C(NC(=O)CC2OCCc3ccccc32)C2CC2)s1. The van der Waals surface area contributed by atoms with Crippen LogP contribution in [-0.2, 0) is 16.0 Å². The zero-order valence-electron chi connectivity index (χ0n) is 13.8. The third-order valence-corrected chi connectivity index (χ3v) is 5.77. The molecule has 0 radical (unpaired) electrons. The second kappa shape index (κ2) is 6.65. The first-order valence-electron chi connectivity index (χ1n) is 8.62. The Bertz CT molecular complexity index is 738. The zero-order valence-corrected chi connectivity index (χ0v) is 14.6. The molecule has 24 heavy (non-hydrogen) atoms. The monoisotopic (exact) mass is 342 g/mol. The van der Waals surface area contributed by atoms with E-state index in [2.05, 4.69) is 35.4 Å². The number of nitrogens with one attached hydrogen (secondary N) is 1. The summed E-state index contributed by atoms with van der Waals surface area (Å²) >= 11 is 1.68. The molecule has 0 spiro atoms. The molecule has 1 saturated carbocycles. The summed E-state index contributed by atoms with van der Waals surface area (Å²) in [6.07, 6.45) is 5.41. The molecule has 1 aliphatic heterocycles. The van der Waals surface area contributed by atoms with Gasteiger partial charge in [0, 0.05) is 11.1 Å². The van der Waals surface area contributed by atoms with Crippen molar-refractivity contribution in [1.82, 2.24) is 10.3 Å². The van der Waals surface area contributed by atoms with Crippen molar-refractivity contribution in [3.05, 3.63) is 51.5 Å². The van der Waals surface area contributed by atoms with Gasteiger partial charge in [-0.2, -0.15) is 0 Å². The van der Waals surface area contributed by atoms with Gasteiger partial charge in [0.25, 0.3) is 0 Å². The van der Waals surface area contributed by atoms with Gasteiger partial charge < -0.3 is 10.1 Å². The van der Waals surface area contributed by atoms with Crippen LogP contribution in [0, 0.1) is 12.8 Å². The highest BCUT2D eigenvalue weighted by atomic mass is 32.1. The summed E-state index contributed by atoms with van der Waals surface area (Å²) in [6, 6.07) is 8.34. The molecule has 2 aromatic rings. The maximum absolute atomic E-state index is 12.6. The number of thiazole rings is 1. The van der Waals surface area contributed by atoms with Crippen molar-refractivity contribution in [3.63, 3.8) is 0 Å². The lowest BCUT2D eigenvalue weighted by molar-refractivity contribution is -0.125. The van der Waals surface area contributed by atoms with Crippen molar-refractivity contribution >= 4 is 17.2 Å². The largest absolute Gasteiger partial charge is 0.373 e. The summed E-state index contributed by atoms with van der Waals surface area (Å²) in [4.78, 5) is 18.3. The number of rotatable bonds is 5. The molecule has 1 amide bonds. The summed E-state index contributed by atoms with van der Waals surface area (Å²) in [7, 11) is 0. The van der Waals surface area contributed by atoms with Gasteiger partial charge in [0.2, 0.25) is 5.91 Å². The normalized spacial score (nSPS) is 21.1. The van der Waals surface area contributed by atoms with Gasteiger partial charge in [0.05, 0.1) is 25.2 Å². The van der Waals surface area contributed by atoms with Gasteiger partial charge in [0.1, 0.15) is 5.01 Å². The molecule has 2 aliphatic rings. The van der Waals surface area contributed by atoms with Gasteiger partial charge in [-0.05, 0) is 43.2 Å². The van der Waals surface area contributed by atoms with Crippen molar-refractivity contribution in [2.45, 2.75) is 44.8 Å². The Labute approximate surface area is 146 Å². The Hall–Kier alpha value is -1.72. The molecule has 2 unspecified atom stereocenters. The van der Waals surface area contributed by atoms with Crippen LogP contribution in [0.3, 0.4) is 0 Å². The van der Waals surface area contributed by atoms with Crippen molar-refractivity contribution in [2.24, 2.45) is 5.92 Å². The Balaban J connectivity index is 1.45. The van der Waals surface area contributed by atoms with Gasteiger partial charge in [-0.3, -0.25) is 4.79 Å². The van der Waals surface area contributed by atoms with Crippen LogP contribution in [0.4, 0.5) is 0 Å². The van der Waals surface area contributed by atoms with Crippen LogP contribution in [0.15, 0.2) is 30.5 Å². The van der Waals surface area contributed by atoms with E-state index in [0.717, 1.165) is 17.0 Å². The van der Waals surface area contributed by atoms with Gasteiger partial charge in [0.15, 0.2) is 0 Å². The molecule has 1 fully saturated rings. The van der Waals surface area contributed by atoms with E-state index in [4.69, 9.17) is 4.74 Å². The molecule has 1 aromatic carbocycles. The topological polar surface area (TPSA) is 51.2 Å². The van der Waals surface area contributed by atoms with E-state index in [0.29, 0.717) is 18.9 Å². The number of ether oxygens (including phenoxy) is 1. The highest BCUT2D eigenvalue weighted by molar-refractivity contribution is 7.11. The summed E-state index contributed by atoms with van der Waals surface area (Å²) < 4.78 is 5.87. The third-order valence-electron chi connectivity index (χ3n) is 4.78. The fourth-order valence-electron chi connectivity index (χ4n) is 3.37. The second-order valence-electron chi connectivity index (χ2n) is 6.70. The minimum atomic E-state index is -0.132. The average Bonchev–Trinajstić information content (AvgIpc) is 3.34. The maximum Gasteiger partial charge on any atom is 0.223 e. The van der Waals surface area contributed by atoms with Crippen LogP contribution >= 0.6 is 11.3 Å². The number of aryl methyl sites for hydroxylation is 1. The van der Waals surface area contributed by atoms with Gasteiger partial charge in [-0.25, -0.2) is 4.98 Å². The van der Waals surface area contributed by atoms with E-state index in [9.17, 15) is 4.79 Å². The molecular formula is C19H22N2O2S. The van der Waals surface area contributed by atoms with Crippen LogP contribution in [0.25, 0.3) is 0 Å². The summed E-state index contributed by atoms with van der Waals surface area (Å²) in [5.74, 6) is 0.598. The number of hydrogen-bond donors (Lipinski definition) is 1. The molecule has 0 bridgehead atoms. The van der Waals surface area contributed by atoms with Crippen molar-refractivity contribution in [1.29, 1.82) is 0 Å². The van der Waals surface area contributed by atoms with E-state index < -0.39 is 0 Å². The van der Waals surface area contributed by atoms with Crippen LogP contribution in [-0.4, -0.2) is 17.5 Å². The number of nitrogens with zero attached hydrogens (tertiary/aromatic N) is 1. The maximum atomic E-state index is 12.6. The summed E-state index contributed by atoms with van der Waals surface area (Å²) in [5, 5.41) is 4.25. The van der Waals surface area contributed by atoms with Crippen LogP contribution in [0.1, 0.15) is 52.4 Å². The van der Waals surface area contributed by atoms with Crippen LogP contribution < -0.4 is 5.32 Å². The number of carbonyl (C=O) groups excluding carboxylic acids is 1. The Morgan fingerprint density at radius 3 is 3.00 bits per heavy atom. The molecule has 0 saturated heterocycles. The van der Waals surface area contributed by atoms with E-state index in [1.165, 1.54) is 23.3 Å². The van der Waals surface area contributed by atoms with Crippen molar-refractivity contribution in [3.8, 4) is 0 Å². The molecule has 5 heteroatoms. The highest BCUT2D eigenvalue weighted by Crippen LogP contribution is 2.42. The number of carbonyl (C=O) groups is 1. The molecule has 4 nitrogen and oxygen atoms in total. The Kier molecular flexibility index (Phi) is 4.37. The molecule has 1 N–H and O–H groups in total. The van der Waals surface area contributed by atoms with Crippen LogP contribution in [0.2, 0.25) is 0 Å². The first-order valence-corrected chi connectivity index (χ1v) is 9.43. The molecule has 1 aliphatic carbocycles. The molecule has 2 heterocycles. The minimum Gasteiger partial charge on any atom is -0.373 e. The number of benzene rings is 1. The van der Waals surface area contributed by atoms with Crippen LogP contribution in [0.5, 0.6) is 0 Å². The lowest BCUT2D eigenvalue weighted by Gasteiger charge is -2.26. The quantitative estimate of drug-likeness (QED) is 0.901. The number of amides is 1. The Morgan fingerprint density at radius 2 is 2.25 bits per heavy atom. The van der Waals surface area contributed by atoms with E-state index >= 15 is 0 Å². The van der Waals surface area contributed by atoms with Gasteiger partial charge in [-0.15, -0.1) is 11.3 Å². The first-order chi connectivity index (χ1) is 11.7. The summed E-state index contributed by atoms with van der Waals surface area (Å²) in [5.41, 5.74) is 2.46.